The molecule has 1 aliphatic rings. The molecular weight excluding hydrogens is 318 g/mol. The Morgan fingerprint density at radius 1 is 0.960 bits per heavy atom. The van der Waals surface area contributed by atoms with Crippen LogP contribution in [0.25, 0.3) is 10.8 Å². The smallest absolute Gasteiger partial charge is 0.311 e. The number of esters is 2. The van der Waals surface area contributed by atoms with Crippen molar-refractivity contribution in [2.45, 2.75) is 58.8 Å². The predicted octanol–water partition coefficient (Wildman–Crippen LogP) is 4.13. The van der Waals surface area contributed by atoms with Crippen LogP contribution < -0.4 is 9.47 Å². The van der Waals surface area contributed by atoms with Crippen molar-refractivity contribution in [3.63, 3.8) is 0 Å². The van der Waals surface area contributed by atoms with Crippen molar-refractivity contribution in [1.82, 2.24) is 4.98 Å². The number of benzene rings is 1. The van der Waals surface area contributed by atoms with Crippen LogP contribution in [0.1, 0.15) is 57.1 Å². The number of fused-ring (bicyclic) bond motifs is 3. The fraction of sp³-hybridized carbons (Fsp3) is 0.450. The molecule has 0 radical (unpaired) electrons. The number of aromatic nitrogens is 1. The van der Waals surface area contributed by atoms with Crippen LogP contribution in [0.15, 0.2) is 18.5 Å². The second-order valence-corrected chi connectivity index (χ2v) is 6.34. The molecule has 0 amide bonds. The number of aryl methyl sites for hydroxylation is 1. The molecule has 25 heavy (non-hydrogen) atoms. The lowest BCUT2D eigenvalue weighted by Crippen LogP contribution is -2.13. The average Bonchev–Trinajstić information content (AvgIpc) is 3.08. The van der Waals surface area contributed by atoms with Gasteiger partial charge in [0.25, 0.3) is 0 Å². The van der Waals surface area contributed by atoms with Crippen molar-refractivity contribution in [2.75, 3.05) is 0 Å². The Morgan fingerprint density at radius 3 is 2.28 bits per heavy atom. The van der Waals surface area contributed by atoms with Gasteiger partial charge in [-0.3, -0.25) is 14.6 Å². The summed E-state index contributed by atoms with van der Waals surface area (Å²) >= 11 is 0. The molecule has 0 spiro atoms. The van der Waals surface area contributed by atoms with Gasteiger partial charge in [-0.25, -0.2) is 0 Å². The lowest BCUT2D eigenvalue weighted by atomic mass is 10.0. The van der Waals surface area contributed by atoms with Gasteiger partial charge < -0.3 is 9.47 Å². The van der Waals surface area contributed by atoms with Gasteiger partial charge in [-0.05, 0) is 43.7 Å². The Kier molecular flexibility index (Phi) is 5.31. The number of pyridine rings is 1. The van der Waals surface area contributed by atoms with Crippen LogP contribution in [0.5, 0.6) is 11.5 Å². The Morgan fingerprint density at radius 2 is 1.60 bits per heavy atom. The van der Waals surface area contributed by atoms with Gasteiger partial charge in [0, 0.05) is 41.6 Å². The highest BCUT2D eigenvalue weighted by atomic mass is 16.6. The number of hydrogen-bond donors (Lipinski definition) is 0. The molecule has 5 heteroatoms. The quantitative estimate of drug-likeness (QED) is 0.584. The molecule has 1 heterocycles. The van der Waals surface area contributed by atoms with Gasteiger partial charge in [0.1, 0.15) is 0 Å². The Balaban J connectivity index is 2.16. The molecule has 0 saturated carbocycles. The fourth-order valence-electron chi connectivity index (χ4n) is 3.33. The molecule has 1 aromatic heterocycles. The van der Waals surface area contributed by atoms with E-state index in [0.29, 0.717) is 37.2 Å². The third-order valence-corrected chi connectivity index (χ3v) is 4.43. The number of carbonyl (C=O) groups excluding carboxylic acids is 2. The highest BCUT2D eigenvalue weighted by Gasteiger charge is 2.27. The topological polar surface area (TPSA) is 65.5 Å². The first kappa shape index (κ1) is 17.4. The third-order valence-electron chi connectivity index (χ3n) is 4.43. The zero-order valence-electron chi connectivity index (χ0n) is 14.8. The van der Waals surface area contributed by atoms with Crippen LogP contribution in [-0.4, -0.2) is 16.9 Å². The van der Waals surface area contributed by atoms with E-state index in [1.807, 2.05) is 19.9 Å². The van der Waals surface area contributed by atoms with Gasteiger partial charge in [-0.2, -0.15) is 0 Å². The summed E-state index contributed by atoms with van der Waals surface area (Å²) in [7, 11) is 0. The molecule has 1 aromatic carbocycles. The van der Waals surface area contributed by atoms with Crippen LogP contribution >= 0.6 is 0 Å². The molecule has 0 N–H and O–H groups in total. The van der Waals surface area contributed by atoms with Crippen molar-refractivity contribution in [1.29, 1.82) is 0 Å². The normalized spacial score (nSPS) is 12.9. The molecule has 0 atom stereocenters. The van der Waals surface area contributed by atoms with Crippen molar-refractivity contribution in [3.05, 3.63) is 29.6 Å². The average molecular weight is 341 g/mol. The number of hydrogen-bond acceptors (Lipinski definition) is 5. The van der Waals surface area contributed by atoms with E-state index in [1.165, 1.54) is 0 Å². The summed E-state index contributed by atoms with van der Waals surface area (Å²) in [6.07, 6.45) is 8.26. The van der Waals surface area contributed by atoms with E-state index in [0.717, 1.165) is 41.2 Å². The minimum Gasteiger partial charge on any atom is -0.422 e. The molecule has 3 rings (SSSR count). The van der Waals surface area contributed by atoms with E-state index in [1.54, 1.807) is 12.4 Å². The molecule has 0 fully saturated rings. The summed E-state index contributed by atoms with van der Waals surface area (Å²) in [4.78, 5) is 28.5. The standard InChI is InChI=1S/C20H23NO4/c1-3-6-17(22)24-19-14-9-5-8-13(14)16-12-21-11-10-15(16)20(19)25-18(23)7-4-2/h10-12H,3-9H2,1-2H3. The first-order valence-electron chi connectivity index (χ1n) is 8.98. The summed E-state index contributed by atoms with van der Waals surface area (Å²) in [5, 5.41) is 1.75. The van der Waals surface area contributed by atoms with Gasteiger partial charge in [-0.1, -0.05) is 13.8 Å². The highest BCUT2D eigenvalue weighted by molar-refractivity contribution is 5.97. The second-order valence-electron chi connectivity index (χ2n) is 6.34. The molecule has 0 unspecified atom stereocenters. The fourth-order valence-corrected chi connectivity index (χ4v) is 3.33. The van der Waals surface area contributed by atoms with Crippen molar-refractivity contribution >= 4 is 22.7 Å². The van der Waals surface area contributed by atoms with E-state index >= 15 is 0 Å². The Hall–Kier alpha value is -2.43. The van der Waals surface area contributed by atoms with Gasteiger partial charge in [-0.15, -0.1) is 0 Å². The monoisotopic (exact) mass is 341 g/mol. The van der Waals surface area contributed by atoms with Crippen LogP contribution in [0.3, 0.4) is 0 Å². The molecule has 0 aliphatic heterocycles. The van der Waals surface area contributed by atoms with E-state index < -0.39 is 0 Å². The number of rotatable bonds is 6. The highest BCUT2D eigenvalue weighted by Crippen LogP contribution is 2.45. The Bertz CT molecular complexity index is 813. The van der Waals surface area contributed by atoms with Crippen molar-refractivity contribution in [2.24, 2.45) is 0 Å². The number of nitrogens with zero attached hydrogens (tertiary/aromatic N) is 1. The summed E-state index contributed by atoms with van der Waals surface area (Å²) in [5.74, 6) is 0.180. The van der Waals surface area contributed by atoms with Crippen LogP contribution in [0.2, 0.25) is 0 Å². The molecule has 2 aromatic rings. The maximum Gasteiger partial charge on any atom is 0.311 e. The lowest BCUT2D eigenvalue weighted by molar-refractivity contribution is -0.137. The molecule has 1 aliphatic carbocycles. The molecule has 0 saturated heterocycles. The van der Waals surface area contributed by atoms with Crippen LogP contribution in [0, 0.1) is 0 Å². The molecule has 5 nitrogen and oxygen atoms in total. The van der Waals surface area contributed by atoms with Crippen molar-refractivity contribution in [3.8, 4) is 11.5 Å². The predicted molar refractivity (Wildman–Crippen MR) is 94.9 cm³/mol. The van der Waals surface area contributed by atoms with Gasteiger partial charge >= 0.3 is 11.9 Å². The number of ether oxygens (including phenoxy) is 2. The second kappa shape index (κ2) is 7.64. The zero-order chi connectivity index (χ0) is 17.8. The first-order chi connectivity index (χ1) is 12.2. The first-order valence-corrected chi connectivity index (χ1v) is 8.98. The number of carbonyl (C=O) groups is 2. The zero-order valence-corrected chi connectivity index (χ0v) is 14.8. The minimum atomic E-state index is -0.314. The Labute approximate surface area is 147 Å². The summed E-state index contributed by atoms with van der Waals surface area (Å²) in [6, 6.07) is 1.82. The van der Waals surface area contributed by atoms with Crippen LogP contribution in [0.4, 0.5) is 0 Å². The van der Waals surface area contributed by atoms with E-state index in [-0.39, 0.29) is 11.9 Å². The van der Waals surface area contributed by atoms with E-state index in [2.05, 4.69) is 4.98 Å². The minimum absolute atomic E-state index is 0.294. The van der Waals surface area contributed by atoms with E-state index in [9.17, 15) is 9.59 Å². The van der Waals surface area contributed by atoms with Gasteiger partial charge in [0.05, 0.1) is 0 Å². The largest absolute Gasteiger partial charge is 0.422 e. The summed E-state index contributed by atoms with van der Waals surface area (Å²) in [5.41, 5.74) is 2.13. The molecule has 0 bridgehead atoms. The van der Waals surface area contributed by atoms with Gasteiger partial charge in [0.15, 0.2) is 11.5 Å². The van der Waals surface area contributed by atoms with Crippen molar-refractivity contribution < 1.29 is 19.1 Å². The molecule has 132 valence electrons. The van der Waals surface area contributed by atoms with Gasteiger partial charge in [0.2, 0.25) is 0 Å². The summed E-state index contributed by atoms with van der Waals surface area (Å²) < 4.78 is 11.3. The van der Waals surface area contributed by atoms with Crippen LogP contribution in [-0.2, 0) is 22.4 Å². The molecular formula is C20H23NO4. The maximum atomic E-state index is 12.1. The lowest BCUT2D eigenvalue weighted by Gasteiger charge is -2.17. The SMILES string of the molecule is CCCC(=O)Oc1c2c(c3cnccc3c1OC(=O)CCC)CCC2. The maximum absolute atomic E-state index is 12.1. The third kappa shape index (κ3) is 3.50. The van der Waals surface area contributed by atoms with E-state index in [4.69, 9.17) is 9.47 Å². The summed E-state index contributed by atoms with van der Waals surface area (Å²) in [6.45, 7) is 3.86.